The highest BCUT2D eigenvalue weighted by molar-refractivity contribution is 7.12. The van der Waals surface area contributed by atoms with E-state index in [4.69, 9.17) is 4.74 Å². The Hall–Kier alpha value is -2.18. The van der Waals surface area contributed by atoms with E-state index in [-0.39, 0.29) is 5.91 Å². The predicted molar refractivity (Wildman–Crippen MR) is 85.2 cm³/mol. The van der Waals surface area contributed by atoms with Gasteiger partial charge >= 0.3 is 0 Å². The summed E-state index contributed by atoms with van der Waals surface area (Å²) in [6.07, 6.45) is 0. The molecule has 106 valence electrons. The number of rotatable bonds is 5. The van der Waals surface area contributed by atoms with Gasteiger partial charge in [-0.3, -0.25) is 4.79 Å². The van der Waals surface area contributed by atoms with Gasteiger partial charge in [0, 0.05) is 5.38 Å². The minimum atomic E-state index is -0.130. The number of ether oxygens (including phenoxy) is 1. The molecule has 2 aromatic heterocycles. The van der Waals surface area contributed by atoms with E-state index in [0.717, 1.165) is 5.69 Å². The van der Waals surface area contributed by atoms with Crippen LogP contribution >= 0.6 is 22.7 Å². The van der Waals surface area contributed by atoms with Gasteiger partial charge in [0.15, 0.2) is 0 Å². The maximum absolute atomic E-state index is 12.1. The summed E-state index contributed by atoms with van der Waals surface area (Å²) in [4.78, 5) is 16.9. The lowest BCUT2D eigenvalue weighted by Crippen LogP contribution is -2.11. The van der Waals surface area contributed by atoms with Gasteiger partial charge in [-0.25, -0.2) is 4.98 Å². The summed E-state index contributed by atoms with van der Waals surface area (Å²) in [5.41, 5.74) is 3.30. The zero-order valence-corrected chi connectivity index (χ0v) is 12.6. The molecule has 0 aliphatic carbocycles. The zero-order chi connectivity index (χ0) is 14.5. The number of thiophene rings is 1. The van der Waals surface area contributed by atoms with Gasteiger partial charge in [-0.1, -0.05) is 18.2 Å². The van der Waals surface area contributed by atoms with Crippen molar-refractivity contribution in [2.24, 2.45) is 0 Å². The van der Waals surface area contributed by atoms with Crippen LogP contribution in [-0.4, -0.2) is 10.9 Å². The van der Waals surface area contributed by atoms with E-state index in [1.165, 1.54) is 22.7 Å². The van der Waals surface area contributed by atoms with Crippen LogP contribution in [0.3, 0.4) is 0 Å². The fourth-order valence-electron chi connectivity index (χ4n) is 1.75. The molecule has 0 aliphatic rings. The van der Waals surface area contributed by atoms with E-state index >= 15 is 0 Å². The molecule has 4 nitrogen and oxygen atoms in total. The number of benzene rings is 1. The molecule has 1 amide bonds. The molecule has 0 saturated carbocycles. The maximum Gasteiger partial charge on any atom is 0.265 e. The molecule has 0 atom stereocenters. The third-order valence-corrected chi connectivity index (χ3v) is 4.24. The van der Waals surface area contributed by atoms with Crippen LogP contribution in [-0.2, 0) is 6.61 Å². The molecule has 0 radical (unpaired) electrons. The lowest BCUT2D eigenvalue weighted by molar-refractivity contribution is 0.103. The minimum Gasteiger partial charge on any atom is -0.485 e. The lowest BCUT2D eigenvalue weighted by Gasteiger charge is -2.11. The van der Waals surface area contributed by atoms with Crippen LogP contribution in [0.1, 0.15) is 15.4 Å². The van der Waals surface area contributed by atoms with E-state index in [2.05, 4.69) is 10.3 Å². The third kappa shape index (κ3) is 3.48. The Morgan fingerprint density at radius 3 is 2.90 bits per heavy atom. The van der Waals surface area contributed by atoms with E-state index in [1.807, 2.05) is 41.1 Å². The first kappa shape index (κ1) is 13.8. The molecule has 3 rings (SSSR count). The van der Waals surface area contributed by atoms with Gasteiger partial charge in [-0.2, -0.15) is 0 Å². The monoisotopic (exact) mass is 316 g/mol. The Bertz CT molecular complexity index is 709. The number of carbonyl (C=O) groups excluding carboxylic acids is 1. The van der Waals surface area contributed by atoms with Gasteiger partial charge in [-0.05, 0) is 23.6 Å². The van der Waals surface area contributed by atoms with Crippen molar-refractivity contribution in [1.29, 1.82) is 0 Å². The molecular formula is C15H12N2O2S2. The second kappa shape index (κ2) is 6.51. The van der Waals surface area contributed by atoms with E-state index in [9.17, 15) is 4.79 Å². The SMILES string of the molecule is O=C(Nc1ccccc1OCc1cscn1)c1cccs1. The number of amides is 1. The molecule has 2 heterocycles. The third-order valence-electron chi connectivity index (χ3n) is 2.74. The van der Waals surface area contributed by atoms with E-state index in [0.29, 0.717) is 22.9 Å². The van der Waals surface area contributed by atoms with Crippen LogP contribution in [0.4, 0.5) is 5.69 Å². The Morgan fingerprint density at radius 1 is 1.24 bits per heavy atom. The largest absolute Gasteiger partial charge is 0.485 e. The zero-order valence-electron chi connectivity index (χ0n) is 11.0. The summed E-state index contributed by atoms with van der Waals surface area (Å²) >= 11 is 2.93. The molecule has 0 spiro atoms. The van der Waals surface area contributed by atoms with E-state index < -0.39 is 0 Å². The Kier molecular flexibility index (Phi) is 4.28. The Balaban J connectivity index is 1.71. The molecule has 0 aliphatic heterocycles. The van der Waals surface area contributed by atoms with Crippen LogP contribution in [0.15, 0.2) is 52.7 Å². The fourth-order valence-corrected chi connectivity index (χ4v) is 2.91. The normalized spacial score (nSPS) is 10.3. The molecule has 0 bridgehead atoms. The van der Waals surface area contributed by atoms with Crippen molar-refractivity contribution in [3.63, 3.8) is 0 Å². The van der Waals surface area contributed by atoms with Crippen molar-refractivity contribution < 1.29 is 9.53 Å². The van der Waals surface area contributed by atoms with Crippen molar-refractivity contribution >= 4 is 34.3 Å². The van der Waals surface area contributed by atoms with Crippen LogP contribution in [0.2, 0.25) is 0 Å². The number of carbonyl (C=O) groups is 1. The van der Waals surface area contributed by atoms with Crippen LogP contribution in [0.5, 0.6) is 5.75 Å². The van der Waals surface area contributed by atoms with Crippen LogP contribution in [0, 0.1) is 0 Å². The molecular weight excluding hydrogens is 304 g/mol. The van der Waals surface area contributed by atoms with Crippen molar-refractivity contribution in [3.8, 4) is 5.75 Å². The molecule has 6 heteroatoms. The fraction of sp³-hybridized carbons (Fsp3) is 0.0667. The van der Waals surface area contributed by atoms with Gasteiger partial charge in [0.05, 0.1) is 21.8 Å². The number of hydrogen-bond donors (Lipinski definition) is 1. The first-order valence-electron chi connectivity index (χ1n) is 6.26. The van der Waals surface area contributed by atoms with Crippen molar-refractivity contribution in [3.05, 3.63) is 63.2 Å². The van der Waals surface area contributed by atoms with Gasteiger partial charge < -0.3 is 10.1 Å². The summed E-state index contributed by atoms with van der Waals surface area (Å²) in [7, 11) is 0. The summed E-state index contributed by atoms with van der Waals surface area (Å²) in [5, 5.41) is 6.68. The first-order chi connectivity index (χ1) is 10.3. The summed E-state index contributed by atoms with van der Waals surface area (Å²) in [6.45, 7) is 0.384. The molecule has 3 aromatic rings. The van der Waals surface area contributed by atoms with Crippen molar-refractivity contribution in [1.82, 2.24) is 4.98 Å². The number of nitrogens with zero attached hydrogens (tertiary/aromatic N) is 1. The number of anilines is 1. The van der Waals surface area contributed by atoms with Gasteiger partial charge in [-0.15, -0.1) is 22.7 Å². The summed E-state index contributed by atoms with van der Waals surface area (Å²) < 4.78 is 5.73. The topological polar surface area (TPSA) is 51.2 Å². The molecule has 0 saturated heterocycles. The molecule has 0 unspecified atom stereocenters. The average Bonchev–Trinajstić information content (AvgIpc) is 3.20. The Labute approximate surface area is 130 Å². The van der Waals surface area contributed by atoms with Crippen molar-refractivity contribution in [2.75, 3.05) is 5.32 Å². The highest BCUT2D eigenvalue weighted by atomic mass is 32.1. The van der Waals surface area contributed by atoms with Gasteiger partial charge in [0.25, 0.3) is 5.91 Å². The highest BCUT2D eigenvalue weighted by Crippen LogP contribution is 2.25. The van der Waals surface area contributed by atoms with Crippen LogP contribution in [0.25, 0.3) is 0 Å². The summed E-state index contributed by atoms with van der Waals surface area (Å²) in [6, 6.07) is 11.0. The number of nitrogens with one attached hydrogen (secondary N) is 1. The standard InChI is InChI=1S/C15H12N2O2S2/c18-15(14-6-3-7-21-14)17-12-4-1-2-5-13(12)19-8-11-9-20-10-16-11/h1-7,9-10H,8H2,(H,17,18). The molecule has 0 fully saturated rings. The van der Waals surface area contributed by atoms with Crippen molar-refractivity contribution in [2.45, 2.75) is 6.61 Å². The second-order valence-electron chi connectivity index (χ2n) is 4.20. The number of para-hydroxylation sites is 2. The number of aromatic nitrogens is 1. The second-order valence-corrected chi connectivity index (χ2v) is 5.86. The quantitative estimate of drug-likeness (QED) is 0.773. The van der Waals surface area contributed by atoms with Gasteiger partial charge in [0.1, 0.15) is 12.4 Å². The minimum absolute atomic E-state index is 0.130. The first-order valence-corrected chi connectivity index (χ1v) is 8.09. The molecule has 1 N–H and O–H groups in total. The Morgan fingerprint density at radius 2 is 2.14 bits per heavy atom. The molecule has 1 aromatic carbocycles. The average molecular weight is 316 g/mol. The van der Waals surface area contributed by atoms with Gasteiger partial charge in [0.2, 0.25) is 0 Å². The van der Waals surface area contributed by atoms with Crippen LogP contribution < -0.4 is 10.1 Å². The number of thiazole rings is 1. The predicted octanol–water partition coefficient (Wildman–Crippen LogP) is 4.04. The number of hydrogen-bond acceptors (Lipinski definition) is 5. The smallest absolute Gasteiger partial charge is 0.265 e. The maximum atomic E-state index is 12.1. The highest BCUT2D eigenvalue weighted by Gasteiger charge is 2.10. The lowest BCUT2D eigenvalue weighted by atomic mass is 10.3. The molecule has 21 heavy (non-hydrogen) atoms. The van der Waals surface area contributed by atoms with E-state index in [1.54, 1.807) is 11.6 Å². The summed E-state index contributed by atoms with van der Waals surface area (Å²) in [5.74, 6) is 0.505.